The molecule has 20 heavy (non-hydrogen) atoms. The molecule has 1 rings (SSSR count). The molecule has 0 aliphatic rings. The highest BCUT2D eigenvalue weighted by atomic mass is 32.2. The number of anilines is 1. The minimum Gasteiger partial charge on any atom is -0.477 e. The largest absolute Gasteiger partial charge is 0.477 e. The van der Waals surface area contributed by atoms with Crippen LogP contribution >= 0.6 is 23.3 Å². The minimum atomic E-state index is -1.07. The average molecular weight is 317 g/mol. The second-order valence-electron chi connectivity index (χ2n) is 4.85. The van der Waals surface area contributed by atoms with E-state index in [1.807, 2.05) is 0 Å². The van der Waals surface area contributed by atoms with Gasteiger partial charge in [0.1, 0.15) is 15.6 Å². The van der Waals surface area contributed by atoms with E-state index in [9.17, 15) is 14.7 Å². The van der Waals surface area contributed by atoms with Crippen LogP contribution in [-0.2, 0) is 0 Å². The summed E-state index contributed by atoms with van der Waals surface area (Å²) in [7, 11) is 3.18. The van der Waals surface area contributed by atoms with Crippen LogP contribution in [0.4, 0.5) is 9.80 Å². The minimum absolute atomic E-state index is 0.0824. The molecule has 0 radical (unpaired) electrons. The van der Waals surface area contributed by atoms with Crippen molar-refractivity contribution in [3.63, 3.8) is 0 Å². The average Bonchev–Trinajstić information content (AvgIpc) is 2.71. The molecule has 0 aliphatic heterocycles. The third-order valence-corrected chi connectivity index (χ3v) is 4.32. The summed E-state index contributed by atoms with van der Waals surface area (Å²) in [4.78, 5) is 24.3. The lowest BCUT2D eigenvalue weighted by Gasteiger charge is -2.10. The monoisotopic (exact) mass is 317 g/mol. The van der Waals surface area contributed by atoms with Crippen molar-refractivity contribution in [3.05, 3.63) is 5.56 Å². The van der Waals surface area contributed by atoms with Gasteiger partial charge in [-0.2, -0.15) is 4.37 Å². The molecule has 0 bridgehead atoms. The second-order valence-corrected chi connectivity index (χ2v) is 6.71. The molecule has 0 unspecified atom stereocenters. The van der Waals surface area contributed by atoms with Gasteiger partial charge >= 0.3 is 12.0 Å². The maximum atomic E-state index is 11.6. The van der Waals surface area contributed by atoms with Gasteiger partial charge in [-0.25, -0.2) is 9.59 Å². The van der Waals surface area contributed by atoms with Gasteiger partial charge in [-0.3, -0.25) is 5.32 Å². The highest BCUT2D eigenvalue weighted by molar-refractivity contribution is 7.99. The standard InChI is InChI=1S/C12H19N3O3S2/c1-7(2)5-6-19-10-8(11(16)17)9(20-14-10)13-12(18)15(3)4/h7H,5-6H2,1-4H3,(H,13,18)(H,16,17). The Labute approximate surface area is 126 Å². The zero-order valence-corrected chi connectivity index (χ0v) is 13.6. The van der Waals surface area contributed by atoms with E-state index < -0.39 is 5.97 Å². The molecule has 0 fully saturated rings. The molecule has 0 saturated heterocycles. The fourth-order valence-electron chi connectivity index (χ4n) is 1.25. The van der Waals surface area contributed by atoms with E-state index in [1.165, 1.54) is 16.7 Å². The Kier molecular flexibility index (Phi) is 6.28. The van der Waals surface area contributed by atoms with Crippen molar-refractivity contribution in [1.29, 1.82) is 0 Å². The molecule has 6 nitrogen and oxygen atoms in total. The van der Waals surface area contributed by atoms with Crippen molar-refractivity contribution in [3.8, 4) is 0 Å². The van der Waals surface area contributed by atoms with Crippen LogP contribution in [0.1, 0.15) is 30.6 Å². The van der Waals surface area contributed by atoms with Gasteiger partial charge in [-0.1, -0.05) is 13.8 Å². The molecule has 8 heteroatoms. The first-order valence-corrected chi connectivity index (χ1v) is 7.92. The fraction of sp³-hybridized carbons (Fsp3) is 0.583. The number of amides is 2. The third-order valence-electron chi connectivity index (χ3n) is 2.44. The molecule has 0 saturated carbocycles. The van der Waals surface area contributed by atoms with Gasteiger partial charge in [0.15, 0.2) is 0 Å². The van der Waals surface area contributed by atoms with E-state index in [4.69, 9.17) is 0 Å². The van der Waals surface area contributed by atoms with Crippen LogP contribution < -0.4 is 5.32 Å². The number of urea groups is 1. The number of rotatable bonds is 6. The number of aromatic nitrogens is 1. The SMILES string of the molecule is CC(C)CCSc1nsc(NC(=O)N(C)C)c1C(=O)O. The molecule has 112 valence electrons. The van der Waals surface area contributed by atoms with Crippen molar-refractivity contribution in [2.45, 2.75) is 25.3 Å². The summed E-state index contributed by atoms with van der Waals surface area (Å²) in [6.45, 7) is 4.23. The maximum Gasteiger partial charge on any atom is 0.341 e. The van der Waals surface area contributed by atoms with E-state index in [0.29, 0.717) is 10.9 Å². The van der Waals surface area contributed by atoms with Gasteiger partial charge in [-0.15, -0.1) is 11.8 Å². The molecular formula is C12H19N3O3S2. The highest BCUT2D eigenvalue weighted by Crippen LogP contribution is 2.32. The molecule has 1 aromatic heterocycles. The van der Waals surface area contributed by atoms with Gasteiger partial charge in [0.05, 0.1) is 0 Å². The maximum absolute atomic E-state index is 11.6. The van der Waals surface area contributed by atoms with Crippen molar-refractivity contribution in [2.75, 3.05) is 25.2 Å². The van der Waals surface area contributed by atoms with Crippen molar-refractivity contribution < 1.29 is 14.7 Å². The number of nitrogens with one attached hydrogen (secondary N) is 1. The molecule has 2 N–H and O–H groups in total. The lowest BCUT2D eigenvalue weighted by atomic mass is 10.2. The van der Waals surface area contributed by atoms with E-state index in [1.54, 1.807) is 14.1 Å². The number of aromatic carboxylic acids is 1. The van der Waals surface area contributed by atoms with E-state index in [2.05, 4.69) is 23.5 Å². The predicted molar refractivity (Wildman–Crippen MR) is 82.0 cm³/mol. The topological polar surface area (TPSA) is 82.5 Å². The first kappa shape index (κ1) is 16.8. The molecule has 0 aliphatic carbocycles. The summed E-state index contributed by atoms with van der Waals surface area (Å²) >= 11 is 2.41. The number of hydrogen-bond donors (Lipinski definition) is 2. The summed E-state index contributed by atoms with van der Waals surface area (Å²) in [6.07, 6.45) is 0.987. The van der Waals surface area contributed by atoms with E-state index >= 15 is 0 Å². The van der Waals surface area contributed by atoms with Crippen molar-refractivity contribution in [2.24, 2.45) is 5.92 Å². The Hall–Kier alpha value is -1.28. The Bertz CT molecular complexity index is 486. The molecule has 2 amide bonds. The number of carbonyl (C=O) groups excluding carboxylic acids is 1. The lowest BCUT2D eigenvalue weighted by molar-refractivity contribution is 0.0694. The Balaban J connectivity index is 2.84. The molecule has 1 aromatic rings. The van der Waals surface area contributed by atoms with Gasteiger partial charge < -0.3 is 10.0 Å². The lowest BCUT2D eigenvalue weighted by Crippen LogP contribution is -2.27. The van der Waals surface area contributed by atoms with Gasteiger partial charge in [0.2, 0.25) is 0 Å². The predicted octanol–water partition coefficient (Wildman–Crippen LogP) is 3.07. The van der Waals surface area contributed by atoms with E-state index in [0.717, 1.165) is 23.7 Å². The molecule has 0 atom stereocenters. The zero-order valence-electron chi connectivity index (χ0n) is 12.0. The first-order chi connectivity index (χ1) is 9.32. The number of thioether (sulfide) groups is 1. The van der Waals surface area contributed by atoms with Crippen LogP contribution in [0.5, 0.6) is 0 Å². The number of carbonyl (C=O) groups is 2. The van der Waals surface area contributed by atoms with Crippen LogP contribution in [-0.4, -0.2) is 46.2 Å². The third kappa shape index (κ3) is 4.68. The molecular weight excluding hydrogens is 298 g/mol. The van der Waals surface area contributed by atoms with Crippen molar-refractivity contribution in [1.82, 2.24) is 9.27 Å². The fourth-order valence-corrected chi connectivity index (χ4v) is 3.43. The van der Waals surface area contributed by atoms with Crippen LogP contribution in [0.3, 0.4) is 0 Å². The van der Waals surface area contributed by atoms with Crippen molar-refractivity contribution >= 4 is 40.3 Å². The highest BCUT2D eigenvalue weighted by Gasteiger charge is 2.22. The summed E-state index contributed by atoms with van der Waals surface area (Å²) in [6, 6.07) is -0.366. The van der Waals surface area contributed by atoms with Gasteiger partial charge in [0, 0.05) is 14.1 Å². The first-order valence-electron chi connectivity index (χ1n) is 6.17. The number of nitrogens with zero attached hydrogens (tertiary/aromatic N) is 2. The van der Waals surface area contributed by atoms with Crippen LogP contribution in [0.25, 0.3) is 0 Å². The summed E-state index contributed by atoms with van der Waals surface area (Å²) in [5.41, 5.74) is 0.0824. The van der Waals surface area contributed by atoms with E-state index in [-0.39, 0.29) is 16.6 Å². The van der Waals surface area contributed by atoms with Crippen LogP contribution in [0, 0.1) is 5.92 Å². The smallest absolute Gasteiger partial charge is 0.341 e. The zero-order chi connectivity index (χ0) is 15.3. The summed E-state index contributed by atoms with van der Waals surface area (Å²) in [5, 5.41) is 12.6. The second kappa shape index (κ2) is 7.49. The van der Waals surface area contributed by atoms with Crippen LogP contribution in [0.15, 0.2) is 5.03 Å². The number of hydrogen-bond acceptors (Lipinski definition) is 5. The summed E-state index contributed by atoms with van der Waals surface area (Å²) in [5.74, 6) is 0.296. The van der Waals surface area contributed by atoms with Gasteiger partial charge in [-0.05, 0) is 29.6 Å². The molecule has 0 aromatic carbocycles. The normalized spacial score (nSPS) is 10.7. The van der Waals surface area contributed by atoms with Gasteiger partial charge in [0.25, 0.3) is 0 Å². The molecule has 1 heterocycles. The van der Waals surface area contributed by atoms with Crippen LogP contribution in [0.2, 0.25) is 0 Å². The summed E-state index contributed by atoms with van der Waals surface area (Å²) < 4.78 is 4.14. The molecule has 0 spiro atoms. The number of carboxylic acids is 1. The number of carboxylic acid groups (broad SMARTS) is 1. The quantitative estimate of drug-likeness (QED) is 0.788. The Morgan fingerprint density at radius 1 is 1.45 bits per heavy atom. The Morgan fingerprint density at radius 2 is 2.10 bits per heavy atom. The Morgan fingerprint density at radius 3 is 2.60 bits per heavy atom.